The predicted molar refractivity (Wildman–Crippen MR) is 66.3 cm³/mol. The van der Waals surface area contributed by atoms with Gasteiger partial charge in [0.05, 0.1) is 8.07 Å². The van der Waals surface area contributed by atoms with Crippen molar-refractivity contribution < 1.29 is 5.11 Å². The number of hydrogen-bond donors (Lipinski definition) is 2. The zero-order valence-electron chi connectivity index (χ0n) is 9.56. The number of allylic oxidation sites excluding steroid dienone is 1. The fourth-order valence-corrected chi connectivity index (χ4v) is 2.76. The molecule has 0 aromatic rings. The van der Waals surface area contributed by atoms with Gasteiger partial charge in [0, 0.05) is 25.2 Å². The van der Waals surface area contributed by atoms with Crippen molar-refractivity contribution >= 4 is 14.3 Å². The molecule has 1 unspecified atom stereocenters. The van der Waals surface area contributed by atoms with Gasteiger partial charge in [-0.2, -0.15) is 0 Å². The van der Waals surface area contributed by atoms with Gasteiger partial charge >= 0.3 is 0 Å². The lowest BCUT2D eigenvalue weighted by Crippen LogP contribution is -2.40. The van der Waals surface area contributed by atoms with Crippen molar-refractivity contribution in [1.29, 1.82) is 0 Å². The minimum Gasteiger partial charge on any atom is -0.400 e. The molecule has 0 aromatic carbocycles. The van der Waals surface area contributed by atoms with Gasteiger partial charge in [-0.1, -0.05) is 19.1 Å². The Morgan fingerprint density at radius 1 is 1.53 bits per heavy atom. The van der Waals surface area contributed by atoms with Crippen molar-refractivity contribution in [2.75, 3.05) is 12.8 Å². The maximum absolute atomic E-state index is 9.17. The van der Waals surface area contributed by atoms with E-state index in [1.165, 1.54) is 0 Å². The maximum atomic E-state index is 9.17. The summed E-state index contributed by atoms with van der Waals surface area (Å²) in [5, 5.41) is 9.17. The highest BCUT2D eigenvalue weighted by Crippen LogP contribution is 2.12. The number of nitrogens with zero attached hydrogens (tertiary/aromatic N) is 2. The van der Waals surface area contributed by atoms with E-state index in [0.717, 1.165) is 19.0 Å². The smallest absolute Gasteiger partial charge is 0.173 e. The second-order valence-electron chi connectivity index (χ2n) is 4.72. The van der Waals surface area contributed by atoms with E-state index in [-0.39, 0.29) is 6.29 Å². The first-order chi connectivity index (χ1) is 7.05. The van der Waals surface area contributed by atoms with Crippen LogP contribution in [0.25, 0.3) is 0 Å². The van der Waals surface area contributed by atoms with E-state index < -0.39 is 8.07 Å². The van der Waals surface area contributed by atoms with Crippen LogP contribution in [0.1, 0.15) is 6.42 Å². The molecule has 4 nitrogen and oxygen atoms in total. The number of hydrogen-bond acceptors (Lipinski definition) is 4. The highest BCUT2D eigenvalue weighted by atomic mass is 28.3. The zero-order chi connectivity index (χ0) is 11.3. The molecule has 0 amide bonds. The van der Waals surface area contributed by atoms with E-state index in [2.05, 4.69) is 18.1 Å². The predicted octanol–water partition coefficient (Wildman–Crippen LogP) is 0.759. The van der Waals surface area contributed by atoms with Gasteiger partial charge in [-0.3, -0.25) is 10.7 Å². The van der Waals surface area contributed by atoms with Gasteiger partial charge in [-0.15, -0.1) is 0 Å². The lowest BCUT2D eigenvalue weighted by molar-refractivity contribution is 0.286. The lowest BCUT2D eigenvalue weighted by atomic mass is 10.4. The molecular formula is C10H21N3OSi. The van der Waals surface area contributed by atoms with E-state index in [0.29, 0.717) is 6.23 Å². The van der Waals surface area contributed by atoms with Gasteiger partial charge < -0.3 is 10.0 Å². The normalized spacial score (nSPS) is 21.1. The van der Waals surface area contributed by atoms with Gasteiger partial charge in [0.1, 0.15) is 0 Å². The lowest BCUT2D eigenvalue weighted by Gasteiger charge is -2.27. The van der Waals surface area contributed by atoms with Crippen LogP contribution in [0.3, 0.4) is 0 Å². The summed E-state index contributed by atoms with van der Waals surface area (Å²) in [5.41, 5.74) is 5.80. The summed E-state index contributed by atoms with van der Waals surface area (Å²) in [6.07, 6.45) is 6.82. The van der Waals surface area contributed by atoms with Crippen LogP contribution in [0.15, 0.2) is 17.3 Å². The Morgan fingerprint density at radius 3 is 2.87 bits per heavy atom. The second kappa shape index (κ2) is 5.44. The fraction of sp³-hybridized carbons (Fsp3) is 0.700. The average Bonchev–Trinajstić information content (AvgIpc) is 2.21. The molecule has 0 aromatic heterocycles. The number of nitrogens with two attached hydrogens (primary N) is 1. The molecule has 0 saturated carbocycles. The second-order valence-corrected chi connectivity index (χ2v) is 9.86. The monoisotopic (exact) mass is 227 g/mol. The van der Waals surface area contributed by atoms with Crippen molar-refractivity contribution in [2.24, 2.45) is 10.7 Å². The molecule has 0 aliphatic carbocycles. The molecule has 1 atom stereocenters. The Bertz CT molecular complexity index is 253. The minimum absolute atomic E-state index is 0.228. The van der Waals surface area contributed by atoms with Crippen LogP contribution in [0.4, 0.5) is 0 Å². The van der Waals surface area contributed by atoms with Crippen LogP contribution >= 0.6 is 0 Å². The van der Waals surface area contributed by atoms with Crippen molar-refractivity contribution in [3.63, 3.8) is 0 Å². The number of aliphatic imine (C=N–C) groups is 1. The Labute approximate surface area is 92.5 Å². The molecule has 0 radical (unpaired) electrons. The Morgan fingerprint density at radius 2 is 2.27 bits per heavy atom. The molecule has 15 heavy (non-hydrogen) atoms. The third kappa shape index (κ3) is 4.15. The highest BCUT2D eigenvalue weighted by Gasteiger charge is 2.19. The molecule has 5 heteroatoms. The van der Waals surface area contributed by atoms with E-state index in [1.54, 1.807) is 6.21 Å². The van der Waals surface area contributed by atoms with Crippen LogP contribution in [-0.2, 0) is 0 Å². The molecule has 86 valence electrons. The minimum atomic E-state index is -1.36. The van der Waals surface area contributed by atoms with E-state index in [1.807, 2.05) is 17.2 Å². The Hall–Kier alpha value is -0.653. The largest absolute Gasteiger partial charge is 0.400 e. The van der Waals surface area contributed by atoms with Crippen LogP contribution in [-0.4, -0.2) is 43.4 Å². The summed E-state index contributed by atoms with van der Waals surface area (Å²) in [7, 11) is -1.36. The standard InChI is InChI=1S/C10H21N3OSi/c1-15(2,9-14)8-4-7-13-6-3-5-12-10(13)11/h3,5-6,10,14H,4,7-9,11H2,1-2H3. The highest BCUT2D eigenvalue weighted by molar-refractivity contribution is 6.77. The summed E-state index contributed by atoms with van der Waals surface area (Å²) in [5.74, 6) is 0. The van der Waals surface area contributed by atoms with Crippen molar-refractivity contribution in [2.45, 2.75) is 31.8 Å². The SMILES string of the molecule is C[Si](C)(CO)CCCN1C=CC=NC1N. The Balaban J connectivity index is 2.26. The van der Waals surface area contributed by atoms with Crippen molar-refractivity contribution in [1.82, 2.24) is 4.90 Å². The fourth-order valence-electron chi connectivity index (χ4n) is 1.49. The maximum Gasteiger partial charge on any atom is 0.173 e. The number of aliphatic hydroxyl groups is 1. The Kier molecular flexibility index (Phi) is 4.50. The third-order valence-corrected chi connectivity index (χ3v) is 5.20. The van der Waals surface area contributed by atoms with E-state index in [4.69, 9.17) is 10.8 Å². The molecule has 0 spiro atoms. The van der Waals surface area contributed by atoms with Crippen molar-refractivity contribution in [3.05, 3.63) is 12.3 Å². The molecule has 0 saturated heterocycles. The molecule has 1 aliphatic heterocycles. The van der Waals surface area contributed by atoms with Crippen LogP contribution < -0.4 is 5.73 Å². The number of rotatable bonds is 5. The third-order valence-electron chi connectivity index (χ3n) is 2.64. The molecule has 1 rings (SSSR count). The van der Waals surface area contributed by atoms with E-state index >= 15 is 0 Å². The zero-order valence-corrected chi connectivity index (χ0v) is 10.6. The first-order valence-corrected chi connectivity index (χ1v) is 8.79. The first-order valence-electron chi connectivity index (χ1n) is 5.37. The van der Waals surface area contributed by atoms with Crippen LogP contribution in [0, 0.1) is 0 Å². The summed E-state index contributed by atoms with van der Waals surface area (Å²) in [4.78, 5) is 6.13. The summed E-state index contributed by atoms with van der Waals surface area (Å²) in [6, 6.07) is 1.13. The molecule has 3 N–H and O–H groups in total. The van der Waals surface area contributed by atoms with Crippen LogP contribution in [0.5, 0.6) is 0 Å². The van der Waals surface area contributed by atoms with Crippen molar-refractivity contribution in [3.8, 4) is 0 Å². The van der Waals surface area contributed by atoms with Gasteiger partial charge in [0.2, 0.25) is 0 Å². The molecular weight excluding hydrogens is 206 g/mol. The molecule has 1 heterocycles. The number of aliphatic hydroxyl groups excluding tert-OH is 1. The van der Waals surface area contributed by atoms with Gasteiger partial charge in [0.25, 0.3) is 0 Å². The summed E-state index contributed by atoms with van der Waals surface area (Å²) >= 11 is 0. The van der Waals surface area contributed by atoms with E-state index in [9.17, 15) is 0 Å². The first kappa shape index (κ1) is 12.4. The molecule has 0 fully saturated rings. The van der Waals surface area contributed by atoms with Gasteiger partial charge in [-0.25, -0.2) is 0 Å². The average molecular weight is 227 g/mol. The quantitative estimate of drug-likeness (QED) is 0.682. The van der Waals surface area contributed by atoms with Gasteiger partial charge in [0.15, 0.2) is 6.29 Å². The molecule has 1 aliphatic rings. The molecule has 0 bridgehead atoms. The summed E-state index contributed by atoms with van der Waals surface area (Å²) in [6.45, 7) is 5.33. The van der Waals surface area contributed by atoms with Crippen LogP contribution in [0.2, 0.25) is 19.1 Å². The summed E-state index contributed by atoms with van der Waals surface area (Å²) < 4.78 is 0. The van der Waals surface area contributed by atoms with Gasteiger partial charge in [-0.05, 0) is 12.5 Å². The topological polar surface area (TPSA) is 61.8 Å².